The molecule has 0 saturated carbocycles. The predicted octanol–water partition coefficient (Wildman–Crippen LogP) is 2.40. The smallest absolute Gasteiger partial charge is 0.343 e. The van der Waals surface area contributed by atoms with Crippen LogP contribution in [0.2, 0.25) is 0 Å². The number of rotatable bonds is 2. The van der Waals surface area contributed by atoms with E-state index in [4.69, 9.17) is 5.11 Å². The lowest BCUT2D eigenvalue weighted by atomic mass is 10.1. The summed E-state index contributed by atoms with van der Waals surface area (Å²) in [6.07, 6.45) is -0.166. The summed E-state index contributed by atoms with van der Waals surface area (Å²) in [4.78, 5) is 24.4. The average molecular weight is 330 g/mol. The molecule has 6 heteroatoms. The van der Waals surface area contributed by atoms with Crippen molar-refractivity contribution in [1.82, 2.24) is 4.90 Å². The van der Waals surface area contributed by atoms with Crippen LogP contribution < -0.4 is 0 Å². The van der Waals surface area contributed by atoms with Gasteiger partial charge in [-0.2, -0.15) is 0 Å². The van der Waals surface area contributed by atoms with Crippen LogP contribution in [0.4, 0.5) is 4.39 Å². The molecular weight excluding hydrogens is 317 g/mol. The second-order valence-electron chi connectivity index (χ2n) is 4.71. The lowest BCUT2D eigenvalue weighted by Gasteiger charge is -2.19. The number of halogens is 2. The highest BCUT2D eigenvalue weighted by molar-refractivity contribution is 9.10. The Morgan fingerprint density at radius 3 is 2.74 bits per heavy atom. The lowest BCUT2D eigenvalue weighted by Crippen LogP contribution is -2.39. The van der Waals surface area contributed by atoms with Crippen LogP contribution in [0.25, 0.3) is 0 Å². The fourth-order valence-corrected chi connectivity index (χ4v) is 2.48. The Labute approximate surface area is 118 Å². The highest BCUT2D eigenvalue weighted by Gasteiger charge is 2.47. The molecule has 4 nitrogen and oxygen atoms in total. The van der Waals surface area contributed by atoms with Crippen LogP contribution >= 0.6 is 15.9 Å². The topological polar surface area (TPSA) is 57.6 Å². The molecule has 1 fully saturated rings. The summed E-state index contributed by atoms with van der Waals surface area (Å²) in [6.45, 7) is 1.51. The van der Waals surface area contributed by atoms with Crippen LogP contribution in [0.5, 0.6) is 0 Å². The monoisotopic (exact) mass is 329 g/mol. The van der Waals surface area contributed by atoms with Gasteiger partial charge in [0.1, 0.15) is 0 Å². The van der Waals surface area contributed by atoms with Gasteiger partial charge in [-0.3, -0.25) is 4.79 Å². The van der Waals surface area contributed by atoms with E-state index in [-0.39, 0.29) is 18.9 Å². The third-order valence-corrected chi connectivity index (χ3v) is 3.81. The molecule has 0 radical (unpaired) electrons. The van der Waals surface area contributed by atoms with E-state index >= 15 is 0 Å². The first-order valence-corrected chi connectivity index (χ1v) is 6.60. The van der Waals surface area contributed by atoms with E-state index in [9.17, 15) is 14.0 Å². The Morgan fingerprint density at radius 1 is 1.47 bits per heavy atom. The van der Waals surface area contributed by atoms with Crippen molar-refractivity contribution in [2.75, 3.05) is 13.1 Å². The van der Waals surface area contributed by atoms with Gasteiger partial charge in [0.15, 0.2) is 0 Å². The zero-order valence-corrected chi connectivity index (χ0v) is 11.9. The van der Waals surface area contributed by atoms with Crippen molar-refractivity contribution in [3.05, 3.63) is 33.8 Å². The number of alkyl halides is 1. The zero-order chi connectivity index (χ0) is 14.2. The van der Waals surface area contributed by atoms with Crippen LogP contribution in [0.3, 0.4) is 0 Å². The van der Waals surface area contributed by atoms with Crippen molar-refractivity contribution in [3.63, 3.8) is 0 Å². The molecule has 1 atom stereocenters. The Morgan fingerprint density at radius 2 is 2.16 bits per heavy atom. The number of hydrogen-bond acceptors (Lipinski definition) is 2. The number of carbonyl (C=O) groups is 2. The maximum Gasteiger partial charge on any atom is 0.343 e. The van der Waals surface area contributed by atoms with Crippen molar-refractivity contribution in [1.29, 1.82) is 0 Å². The van der Waals surface area contributed by atoms with Gasteiger partial charge in [0.25, 0.3) is 5.91 Å². The summed E-state index contributed by atoms with van der Waals surface area (Å²) in [5.74, 6) is -1.84. The van der Waals surface area contributed by atoms with Gasteiger partial charge >= 0.3 is 5.97 Å². The third kappa shape index (κ3) is 2.63. The summed E-state index contributed by atoms with van der Waals surface area (Å²) in [5, 5.41) is 8.82. The van der Waals surface area contributed by atoms with Crippen molar-refractivity contribution < 1.29 is 19.1 Å². The minimum Gasteiger partial charge on any atom is -0.479 e. The van der Waals surface area contributed by atoms with E-state index in [1.807, 2.05) is 6.07 Å². The molecule has 0 aliphatic carbocycles. The molecule has 1 unspecified atom stereocenters. The first-order chi connectivity index (χ1) is 8.83. The molecule has 1 heterocycles. The molecule has 102 valence electrons. The first kappa shape index (κ1) is 14.0. The van der Waals surface area contributed by atoms with Crippen LogP contribution in [0.15, 0.2) is 22.7 Å². The van der Waals surface area contributed by atoms with E-state index in [1.165, 1.54) is 4.90 Å². The van der Waals surface area contributed by atoms with Crippen molar-refractivity contribution in [3.8, 4) is 0 Å². The maximum atomic E-state index is 13.9. The molecule has 0 aromatic heterocycles. The van der Waals surface area contributed by atoms with Gasteiger partial charge in [0, 0.05) is 23.0 Å². The number of aryl methyl sites for hydroxylation is 1. The van der Waals surface area contributed by atoms with Crippen molar-refractivity contribution in [2.45, 2.75) is 19.0 Å². The minimum absolute atomic E-state index is 0.119. The molecule has 1 aromatic carbocycles. The van der Waals surface area contributed by atoms with Gasteiger partial charge in [0.05, 0.1) is 6.54 Å². The quantitative estimate of drug-likeness (QED) is 0.906. The number of likely N-dealkylation sites (tertiary alicyclic amines) is 1. The fraction of sp³-hybridized carbons (Fsp3) is 0.385. The molecule has 2 rings (SSSR count). The molecule has 0 bridgehead atoms. The Balaban J connectivity index is 2.22. The number of carboxylic acids is 1. The maximum absolute atomic E-state index is 13.9. The minimum atomic E-state index is -2.32. The summed E-state index contributed by atoms with van der Waals surface area (Å²) in [6, 6.07) is 5.26. The van der Waals surface area contributed by atoms with E-state index in [2.05, 4.69) is 15.9 Å². The number of benzene rings is 1. The Hall–Kier alpha value is -1.43. The number of carboxylic acid groups (broad SMARTS) is 1. The van der Waals surface area contributed by atoms with Crippen molar-refractivity contribution in [2.24, 2.45) is 0 Å². The molecule has 1 N–H and O–H groups in total. The van der Waals surface area contributed by atoms with Gasteiger partial charge in [0.2, 0.25) is 5.67 Å². The molecular formula is C13H13BrFNO3. The summed E-state index contributed by atoms with van der Waals surface area (Å²) in [7, 11) is 0. The molecule has 1 saturated heterocycles. The Kier molecular flexibility index (Phi) is 3.62. The van der Waals surface area contributed by atoms with E-state index < -0.39 is 18.2 Å². The summed E-state index contributed by atoms with van der Waals surface area (Å²) in [5.41, 5.74) is -1.08. The molecule has 0 spiro atoms. The standard InChI is InChI=1S/C13H13BrFNO3/c1-8-2-3-9(14)6-10(8)11(17)16-5-4-13(15,7-16)12(18)19/h2-3,6H,4-5,7H2,1H3,(H,18,19). The highest BCUT2D eigenvalue weighted by Crippen LogP contribution is 2.28. The number of aliphatic carboxylic acids is 1. The lowest BCUT2D eigenvalue weighted by molar-refractivity contribution is -0.149. The van der Waals surface area contributed by atoms with Gasteiger partial charge in [-0.25, -0.2) is 9.18 Å². The largest absolute Gasteiger partial charge is 0.479 e. The number of amides is 1. The highest BCUT2D eigenvalue weighted by atomic mass is 79.9. The second kappa shape index (κ2) is 4.92. The van der Waals surface area contributed by atoms with Gasteiger partial charge < -0.3 is 10.0 Å². The summed E-state index contributed by atoms with van der Waals surface area (Å²) >= 11 is 3.28. The number of carbonyl (C=O) groups excluding carboxylic acids is 1. The third-order valence-electron chi connectivity index (χ3n) is 3.32. The van der Waals surface area contributed by atoms with E-state index in [0.717, 1.165) is 10.0 Å². The van der Waals surface area contributed by atoms with Crippen molar-refractivity contribution >= 4 is 27.8 Å². The van der Waals surface area contributed by atoms with Crippen LogP contribution in [-0.2, 0) is 4.79 Å². The molecule has 1 aliphatic heterocycles. The number of hydrogen-bond donors (Lipinski definition) is 1. The zero-order valence-electron chi connectivity index (χ0n) is 10.3. The molecule has 19 heavy (non-hydrogen) atoms. The average Bonchev–Trinajstić information content (AvgIpc) is 2.76. The predicted molar refractivity (Wildman–Crippen MR) is 70.9 cm³/mol. The molecule has 1 amide bonds. The van der Waals surface area contributed by atoms with Gasteiger partial charge in [-0.1, -0.05) is 22.0 Å². The number of nitrogens with zero attached hydrogens (tertiary/aromatic N) is 1. The van der Waals surface area contributed by atoms with Crippen LogP contribution in [0.1, 0.15) is 22.3 Å². The van der Waals surface area contributed by atoms with E-state index in [1.54, 1.807) is 19.1 Å². The van der Waals surface area contributed by atoms with Gasteiger partial charge in [-0.15, -0.1) is 0 Å². The SMILES string of the molecule is Cc1ccc(Br)cc1C(=O)N1CCC(F)(C(=O)O)C1. The second-order valence-corrected chi connectivity index (χ2v) is 5.62. The van der Waals surface area contributed by atoms with Crippen LogP contribution in [-0.4, -0.2) is 40.6 Å². The molecule has 1 aliphatic rings. The molecule has 1 aromatic rings. The fourth-order valence-electron chi connectivity index (χ4n) is 2.12. The van der Waals surface area contributed by atoms with Crippen LogP contribution in [0, 0.1) is 6.92 Å². The van der Waals surface area contributed by atoms with E-state index in [0.29, 0.717) is 5.56 Å². The summed E-state index contributed by atoms with van der Waals surface area (Å²) < 4.78 is 14.7. The first-order valence-electron chi connectivity index (χ1n) is 5.81. The Bertz CT molecular complexity index is 549. The van der Waals surface area contributed by atoms with Gasteiger partial charge in [-0.05, 0) is 24.6 Å². The normalized spacial score (nSPS) is 22.6.